The van der Waals surface area contributed by atoms with Gasteiger partial charge in [-0.25, -0.2) is 0 Å². The van der Waals surface area contributed by atoms with Crippen molar-refractivity contribution in [3.05, 3.63) is 34.8 Å². The predicted molar refractivity (Wildman–Crippen MR) is 71.6 cm³/mol. The molecule has 0 atom stereocenters. The third-order valence-electron chi connectivity index (χ3n) is 3.21. The molecule has 2 heterocycles. The molecule has 0 spiro atoms. The van der Waals surface area contributed by atoms with Gasteiger partial charge in [0.1, 0.15) is 0 Å². The van der Waals surface area contributed by atoms with Gasteiger partial charge in [0, 0.05) is 32.4 Å². The topological polar surface area (TPSA) is 46.8 Å². The molecule has 0 saturated carbocycles. The quantitative estimate of drug-likeness (QED) is 0.827. The SMILES string of the molecule is Cc1cnnc(N(C)Cc2cn(C)nc2C)c1C. The van der Waals surface area contributed by atoms with Gasteiger partial charge in [0.25, 0.3) is 0 Å². The van der Waals surface area contributed by atoms with E-state index in [2.05, 4.69) is 34.0 Å². The Morgan fingerprint density at radius 3 is 2.61 bits per heavy atom. The lowest BCUT2D eigenvalue weighted by Crippen LogP contribution is -2.20. The van der Waals surface area contributed by atoms with E-state index < -0.39 is 0 Å². The molecule has 18 heavy (non-hydrogen) atoms. The Morgan fingerprint density at radius 1 is 1.28 bits per heavy atom. The van der Waals surface area contributed by atoms with Crippen molar-refractivity contribution in [1.29, 1.82) is 0 Å². The maximum absolute atomic E-state index is 4.35. The van der Waals surface area contributed by atoms with Crippen LogP contribution in [-0.2, 0) is 13.6 Å². The lowest BCUT2D eigenvalue weighted by Gasteiger charge is -2.19. The maximum Gasteiger partial charge on any atom is 0.154 e. The fourth-order valence-corrected chi connectivity index (χ4v) is 2.02. The molecule has 2 rings (SSSR count). The van der Waals surface area contributed by atoms with Gasteiger partial charge in [-0.15, -0.1) is 5.10 Å². The zero-order valence-corrected chi connectivity index (χ0v) is 11.6. The van der Waals surface area contributed by atoms with Crippen LogP contribution in [0.25, 0.3) is 0 Å². The summed E-state index contributed by atoms with van der Waals surface area (Å²) in [6.45, 7) is 6.94. The third-order valence-corrected chi connectivity index (χ3v) is 3.21. The molecule has 0 aromatic carbocycles. The molecule has 0 fully saturated rings. The van der Waals surface area contributed by atoms with Crippen molar-refractivity contribution in [2.45, 2.75) is 27.3 Å². The third kappa shape index (κ3) is 2.34. The van der Waals surface area contributed by atoms with Gasteiger partial charge in [-0.2, -0.15) is 10.2 Å². The van der Waals surface area contributed by atoms with E-state index in [0.717, 1.165) is 23.6 Å². The molecule has 2 aromatic heterocycles. The van der Waals surface area contributed by atoms with Crippen LogP contribution in [0.3, 0.4) is 0 Å². The van der Waals surface area contributed by atoms with Crippen LogP contribution in [0, 0.1) is 20.8 Å². The summed E-state index contributed by atoms with van der Waals surface area (Å²) in [5.74, 6) is 0.929. The van der Waals surface area contributed by atoms with Crippen LogP contribution < -0.4 is 4.90 Å². The molecule has 0 N–H and O–H groups in total. The lowest BCUT2D eigenvalue weighted by atomic mass is 10.2. The Labute approximate surface area is 107 Å². The summed E-state index contributed by atoms with van der Waals surface area (Å²) in [4.78, 5) is 2.11. The van der Waals surface area contributed by atoms with E-state index >= 15 is 0 Å². The second kappa shape index (κ2) is 4.76. The summed E-state index contributed by atoms with van der Waals surface area (Å²) >= 11 is 0. The van der Waals surface area contributed by atoms with Crippen molar-refractivity contribution < 1.29 is 0 Å². The normalized spacial score (nSPS) is 10.7. The zero-order valence-electron chi connectivity index (χ0n) is 11.6. The van der Waals surface area contributed by atoms with Gasteiger partial charge in [-0.05, 0) is 31.9 Å². The number of aryl methyl sites for hydroxylation is 3. The number of rotatable bonds is 3. The summed E-state index contributed by atoms with van der Waals surface area (Å²) in [7, 11) is 3.97. The van der Waals surface area contributed by atoms with E-state index in [0.29, 0.717) is 0 Å². The monoisotopic (exact) mass is 245 g/mol. The first-order valence-corrected chi connectivity index (χ1v) is 5.98. The lowest BCUT2D eigenvalue weighted by molar-refractivity contribution is 0.756. The number of aromatic nitrogens is 4. The van der Waals surface area contributed by atoms with Gasteiger partial charge in [-0.1, -0.05) is 0 Å². The van der Waals surface area contributed by atoms with Gasteiger partial charge < -0.3 is 4.90 Å². The molecule has 5 nitrogen and oxygen atoms in total. The van der Waals surface area contributed by atoms with Crippen molar-refractivity contribution in [2.24, 2.45) is 7.05 Å². The fourth-order valence-electron chi connectivity index (χ4n) is 2.02. The average Bonchev–Trinajstić information content (AvgIpc) is 2.61. The number of hydrogen-bond donors (Lipinski definition) is 0. The Balaban J connectivity index is 2.24. The summed E-state index contributed by atoms with van der Waals surface area (Å²) in [6, 6.07) is 0. The van der Waals surface area contributed by atoms with Gasteiger partial charge in [0.2, 0.25) is 0 Å². The Kier molecular flexibility index (Phi) is 3.32. The average molecular weight is 245 g/mol. The van der Waals surface area contributed by atoms with Gasteiger partial charge in [0.05, 0.1) is 11.9 Å². The minimum atomic E-state index is 0.790. The highest BCUT2D eigenvalue weighted by atomic mass is 15.3. The van der Waals surface area contributed by atoms with Crippen LogP contribution in [0.1, 0.15) is 22.4 Å². The van der Waals surface area contributed by atoms with Crippen LogP contribution in [-0.4, -0.2) is 27.0 Å². The summed E-state index contributed by atoms with van der Waals surface area (Å²) in [5.41, 5.74) is 4.61. The minimum Gasteiger partial charge on any atom is -0.354 e. The van der Waals surface area contributed by atoms with Crippen molar-refractivity contribution in [3.8, 4) is 0 Å². The predicted octanol–water partition coefficient (Wildman–Crippen LogP) is 1.77. The zero-order chi connectivity index (χ0) is 13.3. The summed E-state index contributed by atoms with van der Waals surface area (Å²) in [6.07, 6.45) is 3.84. The minimum absolute atomic E-state index is 0.790. The highest BCUT2D eigenvalue weighted by Gasteiger charge is 2.12. The largest absolute Gasteiger partial charge is 0.354 e. The number of hydrogen-bond acceptors (Lipinski definition) is 4. The molecule has 0 bridgehead atoms. The maximum atomic E-state index is 4.35. The van der Waals surface area contributed by atoms with Crippen LogP contribution in [0.5, 0.6) is 0 Å². The smallest absolute Gasteiger partial charge is 0.154 e. The van der Waals surface area contributed by atoms with E-state index in [9.17, 15) is 0 Å². The molecule has 0 aliphatic rings. The number of anilines is 1. The molecule has 96 valence electrons. The highest BCUT2D eigenvalue weighted by Crippen LogP contribution is 2.19. The van der Waals surface area contributed by atoms with Crippen molar-refractivity contribution in [1.82, 2.24) is 20.0 Å². The molecule has 0 aliphatic heterocycles. The van der Waals surface area contributed by atoms with Crippen LogP contribution in [0.4, 0.5) is 5.82 Å². The van der Waals surface area contributed by atoms with Crippen LogP contribution in [0.15, 0.2) is 12.4 Å². The summed E-state index contributed by atoms with van der Waals surface area (Å²) < 4.78 is 1.84. The molecule has 2 aromatic rings. The van der Waals surface area contributed by atoms with Crippen molar-refractivity contribution >= 4 is 5.82 Å². The molecule has 0 radical (unpaired) electrons. The van der Waals surface area contributed by atoms with E-state index in [1.807, 2.05) is 31.9 Å². The highest BCUT2D eigenvalue weighted by molar-refractivity contribution is 5.48. The Bertz CT molecular complexity index is 559. The summed E-state index contributed by atoms with van der Waals surface area (Å²) in [5, 5.41) is 12.6. The second-order valence-electron chi connectivity index (χ2n) is 4.75. The van der Waals surface area contributed by atoms with E-state index in [-0.39, 0.29) is 0 Å². The first kappa shape index (κ1) is 12.5. The van der Waals surface area contributed by atoms with Gasteiger partial charge >= 0.3 is 0 Å². The molecular weight excluding hydrogens is 226 g/mol. The Morgan fingerprint density at radius 2 is 2.00 bits per heavy atom. The molecular formula is C13H19N5. The Hall–Kier alpha value is -1.91. The van der Waals surface area contributed by atoms with Crippen molar-refractivity contribution in [2.75, 3.05) is 11.9 Å². The molecule has 5 heteroatoms. The second-order valence-corrected chi connectivity index (χ2v) is 4.75. The van der Waals surface area contributed by atoms with Gasteiger partial charge in [0.15, 0.2) is 5.82 Å². The van der Waals surface area contributed by atoms with Crippen molar-refractivity contribution in [3.63, 3.8) is 0 Å². The van der Waals surface area contributed by atoms with E-state index in [4.69, 9.17) is 0 Å². The fraction of sp³-hybridized carbons (Fsp3) is 0.462. The molecule has 0 saturated heterocycles. The van der Waals surface area contributed by atoms with Gasteiger partial charge in [-0.3, -0.25) is 4.68 Å². The van der Waals surface area contributed by atoms with Crippen LogP contribution in [0.2, 0.25) is 0 Å². The first-order valence-electron chi connectivity index (χ1n) is 5.98. The standard InChI is InChI=1S/C13H19N5/c1-9-6-14-15-13(10(9)2)17(4)7-12-8-18(5)16-11(12)3/h6,8H,7H2,1-5H3. The van der Waals surface area contributed by atoms with E-state index in [1.165, 1.54) is 11.1 Å². The van der Waals surface area contributed by atoms with E-state index in [1.54, 1.807) is 6.20 Å². The van der Waals surface area contributed by atoms with Crippen LogP contribution >= 0.6 is 0 Å². The molecule has 0 unspecified atom stereocenters. The first-order chi connectivity index (χ1) is 8.49. The molecule has 0 aliphatic carbocycles. The number of nitrogens with zero attached hydrogens (tertiary/aromatic N) is 5. The molecule has 0 amide bonds.